The van der Waals surface area contributed by atoms with Crippen molar-refractivity contribution in [1.29, 1.82) is 0 Å². The number of Topliss-reactive ketones (excluding diaryl/α,β-unsaturated/α-hetero) is 1. The fourth-order valence-corrected chi connectivity index (χ4v) is 3.14. The van der Waals surface area contributed by atoms with E-state index in [1.165, 1.54) is 6.33 Å². The minimum absolute atomic E-state index is 0.0267. The Balaban J connectivity index is 2.04. The van der Waals surface area contributed by atoms with Gasteiger partial charge >= 0.3 is 0 Å². The maximum atomic E-state index is 15.0. The van der Waals surface area contributed by atoms with Crippen LogP contribution in [0.1, 0.15) is 21.5 Å². The number of H-pyrrole nitrogens is 1. The fourth-order valence-electron chi connectivity index (χ4n) is 2.67. The number of aromatic nitrogens is 2. The van der Waals surface area contributed by atoms with Crippen LogP contribution in [0.25, 0.3) is 11.0 Å². The van der Waals surface area contributed by atoms with Crippen LogP contribution in [0.4, 0.5) is 4.39 Å². The highest BCUT2D eigenvalue weighted by atomic mass is 35.5. The summed E-state index contributed by atoms with van der Waals surface area (Å²) in [5.41, 5.74) is 1.57. The van der Waals surface area contributed by atoms with Crippen molar-refractivity contribution in [2.45, 2.75) is 6.42 Å². The molecule has 0 fully saturated rings. The molecule has 0 saturated carbocycles. The molecule has 1 heterocycles. The van der Waals surface area contributed by atoms with Crippen molar-refractivity contribution < 1.29 is 19.0 Å². The van der Waals surface area contributed by atoms with Gasteiger partial charge in [0.25, 0.3) is 0 Å². The molecule has 26 heavy (non-hydrogen) atoms. The van der Waals surface area contributed by atoms with Crippen molar-refractivity contribution in [3.05, 3.63) is 63.1 Å². The number of nitrogens with one attached hydrogen (secondary N) is 1. The standard InChI is InChI=1S/C18H15Cl2FN2O3/c19-11-2-1-10(14(20)6-11)5-13-12(16(25)8-26-4-3-24)7-15-18(17(13)21)23-9-22-15/h1-2,6-7,9,24H,3-5,8H2,(H,22,23). The van der Waals surface area contributed by atoms with Crippen LogP contribution in [0.3, 0.4) is 0 Å². The van der Waals surface area contributed by atoms with Gasteiger partial charge in [-0.1, -0.05) is 29.3 Å². The number of rotatable bonds is 7. The molecule has 5 nitrogen and oxygen atoms in total. The van der Waals surface area contributed by atoms with E-state index in [0.29, 0.717) is 21.1 Å². The van der Waals surface area contributed by atoms with Gasteiger partial charge < -0.3 is 14.8 Å². The van der Waals surface area contributed by atoms with E-state index < -0.39 is 11.6 Å². The maximum absolute atomic E-state index is 15.0. The summed E-state index contributed by atoms with van der Waals surface area (Å²) in [6.45, 7) is -0.436. The number of ether oxygens (including phenoxy) is 1. The largest absolute Gasteiger partial charge is 0.394 e. The predicted molar refractivity (Wildman–Crippen MR) is 97.6 cm³/mol. The number of ketones is 1. The molecule has 136 valence electrons. The number of hydrogen-bond acceptors (Lipinski definition) is 4. The summed E-state index contributed by atoms with van der Waals surface area (Å²) in [5, 5.41) is 9.63. The molecule has 3 aromatic rings. The molecular weight excluding hydrogens is 382 g/mol. The van der Waals surface area contributed by atoms with Crippen LogP contribution in [0.2, 0.25) is 10.0 Å². The second-order valence-corrected chi connectivity index (χ2v) is 6.47. The number of fused-ring (bicyclic) bond motifs is 1. The molecule has 8 heteroatoms. The van der Waals surface area contributed by atoms with E-state index in [1.54, 1.807) is 24.3 Å². The zero-order chi connectivity index (χ0) is 18.7. The van der Waals surface area contributed by atoms with Gasteiger partial charge in [0.15, 0.2) is 11.6 Å². The molecule has 2 N–H and O–H groups in total. The highest BCUT2D eigenvalue weighted by Crippen LogP contribution is 2.29. The molecule has 0 saturated heterocycles. The quantitative estimate of drug-likeness (QED) is 0.470. The molecule has 0 bridgehead atoms. The van der Waals surface area contributed by atoms with Crippen molar-refractivity contribution in [1.82, 2.24) is 9.97 Å². The number of halogens is 3. The Hall–Kier alpha value is -1.99. The Bertz CT molecular complexity index is 959. The lowest BCUT2D eigenvalue weighted by Crippen LogP contribution is -2.15. The topological polar surface area (TPSA) is 75.2 Å². The number of aromatic amines is 1. The van der Waals surface area contributed by atoms with Crippen molar-refractivity contribution in [2.75, 3.05) is 19.8 Å². The Kier molecular flexibility index (Phi) is 5.88. The number of carbonyl (C=O) groups excluding carboxylic acids is 1. The third kappa shape index (κ3) is 3.88. The molecule has 0 aliphatic heterocycles. The average Bonchev–Trinajstić information content (AvgIpc) is 3.08. The van der Waals surface area contributed by atoms with Crippen LogP contribution in [0.15, 0.2) is 30.6 Å². The normalized spacial score (nSPS) is 11.2. The molecule has 2 aromatic carbocycles. The molecule has 0 radical (unpaired) electrons. The summed E-state index contributed by atoms with van der Waals surface area (Å²) in [4.78, 5) is 19.3. The van der Waals surface area contributed by atoms with E-state index >= 15 is 4.39 Å². The summed E-state index contributed by atoms with van der Waals surface area (Å²) in [6, 6.07) is 6.46. The first-order chi connectivity index (χ1) is 12.5. The van der Waals surface area contributed by atoms with E-state index in [0.717, 1.165) is 0 Å². The van der Waals surface area contributed by atoms with Gasteiger partial charge in [-0.2, -0.15) is 0 Å². The maximum Gasteiger partial charge on any atom is 0.188 e. The van der Waals surface area contributed by atoms with E-state index in [2.05, 4.69) is 9.97 Å². The molecular formula is C18H15Cl2FN2O3. The summed E-state index contributed by atoms with van der Waals surface area (Å²) >= 11 is 12.1. The monoisotopic (exact) mass is 396 g/mol. The van der Waals surface area contributed by atoms with Crippen LogP contribution in [-0.4, -0.2) is 40.7 Å². The molecule has 3 rings (SSSR count). The molecule has 0 unspecified atom stereocenters. The molecule has 0 aliphatic carbocycles. The number of hydrogen-bond donors (Lipinski definition) is 2. The molecule has 0 atom stereocenters. The Morgan fingerprint density at radius 2 is 2.12 bits per heavy atom. The van der Waals surface area contributed by atoms with E-state index in [9.17, 15) is 4.79 Å². The van der Waals surface area contributed by atoms with Crippen LogP contribution < -0.4 is 0 Å². The zero-order valence-electron chi connectivity index (χ0n) is 13.6. The SMILES string of the molecule is O=C(COCCO)c1cc2[nH]cnc2c(F)c1Cc1ccc(Cl)cc1Cl. The number of aliphatic hydroxyl groups excluding tert-OH is 1. The number of benzene rings is 2. The van der Waals surface area contributed by atoms with Crippen LogP contribution in [0, 0.1) is 5.82 Å². The molecule has 0 aliphatic rings. The fraction of sp³-hybridized carbons (Fsp3) is 0.222. The lowest BCUT2D eigenvalue weighted by molar-refractivity contribution is 0.0663. The molecule has 1 aromatic heterocycles. The zero-order valence-corrected chi connectivity index (χ0v) is 15.1. The number of nitrogens with zero attached hydrogens (tertiary/aromatic N) is 1. The van der Waals surface area contributed by atoms with Crippen molar-refractivity contribution in [3.63, 3.8) is 0 Å². The first-order valence-electron chi connectivity index (χ1n) is 7.81. The van der Waals surface area contributed by atoms with Gasteiger partial charge in [-0.15, -0.1) is 0 Å². The Labute approximate surface area is 158 Å². The lowest BCUT2D eigenvalue weighted by atomic mass is 9.95. The van der Waals surface area contributed by atoms with Gasteiger partial charge in [-0.25, -0.2) is 9.37 Å². The first kappa shape index (κ1) is 18.8. The van der Waals surface area contributed by atoms with Gasteiger partial charge in [0.1, 0.15) is 12.1 Å². The molecule has 0 amide bonds. The van der Waals surface area contributed by atoms with Gasteiger partial charge in [-0.3, -0.25) is 4.79 Å². The Morgan fingerprint density at radius 3 is 2.85 bits per heavy atom. The van der Waals surface area contributed by atoms with Gasteiger partial charge in [0, 0.05) is 27.6 Å². The van der Waals surface area contributed by atoms with Gasteiger partial charge in [-0.05, 0) is 23.8 Å². The highest BCUT2D eigenvalue weighted by Gasteiger charge is 2.21. The van der Waals surface area contributed by atoms with Crippen LogP contribution in [-0.2, 0) is 11.2 Å². The second kappa shape index (κ2) is 8.14. The Morgan fingerprint density at radius 1 is 1.31 bits per heavy atom. The van der Waals surface area contributed by atoms with E-state index in [4.69, 9.17) is 33.0 Å². The third-order valence-electron chi connectivity index (χ3n) is 3.91. The minimum atomic E-state index is -0.583. The third-order valence-corrected chi connectivity index (χ3v) is 4.49. The highest BCUT2D eigenvalue weighted by molar-refractivity contribution is 6.35. The summed E-state index contributed by atoms with van der Waals surface area (Å²) < 4.78 is 20.1. The summed E-state index contributed by atoms with van der Waals surface area (Å²) in [5.74, 6) is -0.978. The van der Waals surface area contributed by atoms with Crippen molar-refractivity contribution in [3.8, 4) is 0 Å². The van der Waals surface area contributed by atoms with Gasteiger partial charge in [0.05, 0.1) is 25.1 Å². The number of carbonyl (C=O) groups is 1. The average molecular weight is 397 g/mol. The smallest absolute Gasteiger partial charge is 0.188 e. The van der Waals surface area contributed by atoms with Crippen LogP contribution in [0.5, 0.6) is 0 Å². The number of imidazole rings is 1. The first-order valence-corrected chi connectivity index (χ1v) is 8.57. The summed E-state index contributed by atoms with van der Waals surface area (Å²) in [7, 11) is 0. The predicted octanol–water partition coefficient (Wildman–Crippen LogP) is 3.79. The van der Waals surface area contributed by atoms with Gasteiger partial charge in [0.2, 0.25) is 0 Å². The van der Waals surface area contributed by atoms with E-state index in [1.807, 2.05) is 0 Å². The van der Waals surface area contributed by atoms with E-state index in [-0.39, 0.29) is 42.9 Å². The molecule has 0 spiro atoms. The summed E-state index contributed by atoms with van der Waals surface area (Å²) in [6.07, 6.45) is 1.47. The van der Waals surface area contributed by atoms with Crippen LogP contribution >= 0.6 is 23.2 Å². The minimum Gasteiger partial charge on any atom is -0.394 e. The number of aliphatic hydroxyl groups is 1. The second-order valence-electron chi connectivity index (χ2n) is 5.63. The van der Waals surface area contributed by atoms with Crippen molar-refractivity contribution in [2.24, 2.45) is 0 Å². The van der Waals surface area contributed by atoms with Crippen molar-refractivity contribution >= 4 is 40.0 Å². The lowest BCUT2D eigenvalue weighted by Gasteiger charge is -2.12.